The van der Waals surface area contributed by atoms with Crippen molar-refractivity contribution in [2.45, 2.75) is 39.2 Å². The fourth-order valence-corrected chi connectivity index (χ4v) is 4.79. The minimum absolute atomic E-state index is 0.175. The molecule has 0 aliphatic heterocycles. The minimum Gasteiger partial charge on any atom is -0.496 e. The van der Waals surface area contributed by atoms with E-state index in [0.29, 0.717) is 35.0 Å². The lowest BCUT2D eigenvalue weighted by Crippen LogP contribution is -2.31. The first-order chi connectivity index (χ1) is 14.9. The van der Waals surface area contributed by atoms with Crippen molar-refractivity contribution in [2.75, 3.05) is 24.7 Å². The second-order valence-corrected chi connectivity index (χ2v) is 8.86. The summed E-state index contributed by atoms with van der Waals surface area (Å²) in [5.41, 5.74) is 9.88. The smallest absolute Gasteiger partial charge is 0.335 e. The summed E-state index contributed by atoms with van der Waals surface area (Å²) < 4.78 is 7.26. The first-order valence-electron chi connectivity index (χ1n) is 10.5. The molecular formula is C22H26N6O3. The number of hydrogen-bond acceptors (Lipinski definition) is 7. The van der Waals surface area contributed by atoms with Gasteiger partial charge in [-0.3, -0.25) is 4.68 Å². The van der Waals surface area contributed by atoms with Gasteiger partial charge < -0.3 is 20.9 Å². The van der Waals surface area contributed by atoms with Crippen molar-refractivity contribution in [2.24, 2.45) is 11.3 Å². The Balaban J connectivity index is 1.46. The predicted molar refractivity (Wildman–Crippen MR) is 116 cm³/mol. The van der Waals surface area contributed by atoms with Crippen LogP contribution >= 0.6 is 0 Å². The number of nitrogen functional groups attached to an aromatic ring is 1. The molecule has 3 aromatic rings. The van der Waals surface area contributed by atoms with Gasteiger partial charge in [-0.1, -0.05) is 6.07 Å². The number of ether oxygens (including phenoxy) is 1. The van der Waals surface area contributed by atoms with Crippen molar-refractivity contribution in [3.63, 3.8) is 0 Å². The number of anilines is 2. The van der Waals surface area contributed by atoms with Crippen molar-refractivity contribution in [3.8, 4) is 5.75 Å². The molecule has 1 spiro atoms. The van der Waals surface area contributed by atoms with Gasteiger partial charge in [0.05, 0.1) is 24.9 Å². The summed E-state index contributed by atoms with van der Waals surface area (Å²) in [5.74, 6) is 1.06. The molecule has 2 saturated carbocycles. The maximum Gasteiger partial charge on any atom is 0.335 e. The van der Waals surface area contributed by atoms with E-state index in [9.17, 15) is 9.90 Å². The molecule has 0 radical (unpaired) electrons. The zero-order chi connectivity index (χ0) is 21.8. The zero-order valence-corrected chi connectivity index (χ0v) is 17.7. The fourth-order valence-electron chi connectivity index (χ4n) is 4.79. The Bertz CT molecular complexity index is 1180. The number of carboxylic acid groups (broad SMARTS) is 1. The highest BCUT2D eigenvalue weighted by Crippen LogP contribution is 2.63. The van der Waals surface area contributed by atoms with Gasteiger partial charge in [0.2, 0.25) is 5.95 Å². The Morgan fingerprint density at radius 2 is 2.13 bits per heavy atom. The third-order valence-electron chi connectivity index (χ3n) is 6.59. The number of aromatic nitrogens is 4. The summed E-state index contributed by atoms with van der Waals surface area (Å²) >= 11 is 0. The average Bonchev–Trinajstić information content (AvgIpc) is 3.45. The van der Waals surface area contributed by atoms with Crippen LogP contribution in [0.5, 0.6) is 5.75 Å². The Morgan fingerprint density at radius 3 is 2.81 bits per heavy atom. The molecule has 2 heterocycles. The number of nitrogens with two attached hydrogens (primary N) is 1. The fraction of sp³-hybridized carbons (Fsp3) is 0.455. The Morgan fingerprint density at radius 1 is 1.35 bits per heavy atom. The summed E-state index contributed by atoms with van der Waals surface area (Å²) in [6, 6.07) is 4.84. The van der Waals surface area contributed by atoms with Gasteiger partial charge >= 0.3 is 5.97 Å². The Kier molecular flexibility index (Phi) is 4.49. The second-order valence-electron chi connectivity index (χ2n) is 8.86. The van der Waals surface area contributed by atoms with Gasteiger partial charge in [-0.15, -0.1) is 0 Å². The molecule has 1 aromatic carbocycles. The zero-order valence-electron chi connectivity index (χ0n) is 17.7. The summed E-state index contributed by atoms with van der Waals surface area (Å²) in [4.78, 5) is 20.2. The largest absolute Gasteiger partial charge is 0.496 e. The van der Waals surface area contributed by atoms with Gasteiger partial charge in [-0.05, 0) is 56.1 Å². The first kappa shape index (κ1) is 19.6. The number of fused-ring (bicyclic) bond motifs is 1. The standard InChI is InChI=1S/C22H26N6O3/c1-12-17-18(19(26-21(23)25-17)24-10-13-8-22(9-13)5-6-22)28(27-12)11-15-4-3-14(20(29)30)7-16(15)31-2/h3-4,7,13H,5-6,8-11H2,1-2H3,(H,29,30)(H3,23,24,25,26). The number of benzene rings is 1. The first-order valence-corrected chi connectivity index (χ1v) is 10.5. The number of aryl methyl sites for hydroxylation is 1. The van der Waals surface area contributed by atoms with E-state index in [1.54, 1.807) is 12.1 Å². The van der Waals surface area contributed by atoms with Gasteiger partial charge in [0.15, 0.2) is 5.82 Å². The highest BCUT2D eigenvalue weighted by Gasteiger charge is 2.52. The number of hydrogen-bond donors (Lipinski definition) is 3. The van der Waals surface area contributed by atoms with E-state index in [2.05, 4.69) is 20.4 Å². The van der Waals surface area contributed by atoms with Crippen LogP contribution in [0.2, 0.25) is 0 Å². The third kappa shape index (κ3) is 3.54. The van der Waals surface area contributed by atoms with Crippen molar-refractivity contribution in [1.82, 2.24) is 19.7 Å². The number of aromatic carboxylic acids is 1. The highest BCUT2D eigenvalue weighted by atomic mass is 16.5. The quantitative estimate of drug-likeness (QED) is 0.530. The number of carboxylic acids is 1. The van der Waals surface area contributed by atoms with Gasteiger partial charge in [-0.2, -0.15) is 10.1 Å². The lowest BCUT2D eigenvalue weighted by Gasteiger charge is -2.36. The van der Waals surface area contributed by atoms with E-state index < -0.39 is 5.97 Å². The second kappa shape index (κ2) is 7.11. The maximum atomic E-state index is 11.3. The molecule has 0 bridgehead atoms. The molecule has 2 aliphatic carbocycles. The van der Waals surface area contributed by atoms with E-state index in [1.165, 1.54) is 38.9 Å². The molecule has 9 heteroatoms. The van der Waals surface area contributed by atoms with Crippen LogP contribution in [0.15, 0.2) is 18.2 Å². The van der Waals surface area contributed by atoms with Crippen LogP contribution in [0.4, 0.5) is 11.8 Å². The van der Waals surface area contributed by atoms with E-state index in [-0.39, 0.29) is 11.5 Å². The van der Waals surface area contributed by atoms with Gasteiger partial charge in [0.25, 0.3) is 0 Å². The SMILES string of the molecule is COc1cc(C(=O)O)ccc1Cn1nc(C)c2nc(N)nc(NCC3CC4(CC4)C3)c21. The summed E-state index contributed by atoms with van der Waals surface area (Å²) in [6.45, 7) is 3.14. The normalized spacial score (nSPS) is 17.0. The number of nitrogens with zero attached hydrogens (tertiary/aromatic N) is 4. The van der Waals surface area contributed by atoms with Crippen molar-refractivity contribution in [1.29, 1.82) is 0 Å². The lowest BCUT2D eigenvalue weighted by molar-refractivity contribution is 0.0696. The summed E-state index contributed by atoms with van der Waals surface area (Å²) in [7, 11) is 1.53. The topological polar surface area (TPSA) is 128 Å². The Labute approximate surface area is 179 Å². The molecular weight excluding hydrogens is 396 g/mol. The van der Waals surface area contributed by atoms with Gasteiger partial charge in [0.1, 0.15) is 16.8 Å². The molecule has 2 aromatic heterocycles. The van der Waals surface area contributed by atoms with Gasteiger partial charge in [0, 0.05) is 12.1 Å². The minimum atomic E-state index is -0.996. The number of methoxy groups -OCH3 is 1. The molecule has 2 aliphatic rings. The van der Waals surface area contributed by atoms with E-state index >= 15 is 0 Å². The number of nitrogens with one attached hydrogen (secondary N) is 1. The monoisotopic (exact) mass is 422 g/mol. The van der Waals surface area contributed by atoms with Crippen LogP contribution in [-0.2, 0) is 6.54 Å². The van der Waals surface area contributed by atoms with Crippen LogP contribution in [0.1, 0.15) is 47.3 Å². The number of carbonyl (C=O) groups is 1. The summed E-state index contributed by atoms with van der Waals surface area (Å²) in [6.07, 6.45) is 5.33. The molecule has 5 rings (SSSR count). The van der Waals surface area contributed by atoms with E-state index in [0.717, 1.165) is 23.3 Å². The average molecular weight is 422 g/mol. The summed E-state index contributed by atoms with van der Waals surface area (Å²) in [5, 5.41) is 17.4. The molecule has 0 saturated heterocycles. The highest BCUT2D eigenvalue weighted by molar-refractivity contribution is 5.89. The number of rotatable bonds is 7. The molecule has 0 amide bonds. The van der Waals surface area contributed by atoms with E-state index in [4.69, 9.17) is 10.5 Å². The van der Waals surface area contributed by atoms with Crippen LogP contribution in [0.25, 0.3) is 11.0 Å². The molecule has 9 nitrogen and oxygen atoms in total. The van der Waals surface area contributed by atoms with Crippen molar-refractivity contribution < 1.29 is 14.6 Å². The molecule has 4 N–H and O–H groups in total. The lowest BCUT2D eigenvalue weighted by atomic mass is 9.72. The third-order valence-corrected chi connectivity index (χ3v) is 6.59. The van der Waals surface area contributed by atoms with Crippen molar-refractivity contribution >= 4 is 28.8 Å². The maximum absolute atomic E-state index is 11.3. The molecule has 162 valence electrons. The van der Waals surface area contributed by atoms with Crippen molar-refractivity contribution in [3.05, 3.63) is 35.0 Å². The molecule has 2 fully saturated rings. The predicted octanol–water partition coefficient (Wildman–Crippen LogP) is 3.07. The van der Waals surface area contributed by atoms with Crippen LogP contribution in [0, 0.1) is 18.3 Å². The molecule has 0 atom stereocenters. The van der Waals surface area contributed by atoms with Crippen LogP contribution in [0.3, 0.4) is 0 Å². The van der Waals surface area contributed by atoms with Crippen LogP contribution < -0.4 is 15.8 Å². The van der Waals surface area contributed by atoms with Crippen LogP contribution in [-0.4, -0.2) is 44.5 Å². The molecule has 0 unspecified atom stereocenters. The van der Waals surface area contributed by atoms with Gasteiger partial charge in [-0.25, -0.2) is 9.78 Å². The Hall–Kier alpha value is -3.36. The van der Waals surface area contributed by atoms with E-state index in [1.807, 2.05) is 11.6 Å². The molecule has 31 heavy (non-hydrogen) atoms.